The standard InChI is InChI=1S/C13H14N4O2/c1-10(18)15-11-3-5-12(6-4-11)16-13(19)9-17-8-2-7-14-17/h2-8H,9H2,1H3,(H,15,18)(H,16,19). The molecule has 6 nitrogen and oxygen atoms in total. The van der Waals surface area contributed by atoms with Crippen molar-refractivity contribution in [2.75, 3.05) is 10.6 Å². The molecule has 2 aromatic rings. The Kier molecular flexibility index (Phi) is 3.92. The monoisotopic (exact) mass is 258 g/mol. The van der Waals surface area contributed by atoms with E-state index < -0.39 is 0 Å². The predicted octanol–water partition coefficient (Wildman–Crippen LogP) is 1.48. The Morgan fingerprint density at radius 1 is 1.16 bits per heavy atom. The van der Waals surface area contributed by atoms with E-state index in [0.29, 0.717) is 11.4 Å². The van der Waals surface area contributed by atoms with Crippen LogP contribution >= 0.6 is 0 Å². The smallest absolute Gasteiger partial charge is 0.246 e. The molecule has 1 aromatic heterocycles. The van der Waals surface area contributed by atoms with Crippen molar-refractivity contribution in [2.24, 2.45) is 0 Å². The molecule has 0 unspecified atom stereocenters. The fraction of sp³-hybridized carbons (Fsp3) is 0.154. The Hall–Kier alpha value is -2.63. The number of benzene rings is 1. The molecule has 0 fully saturated rings. The van der Waals surface area contributed by atoms with Gasteiger partial charge in [-0.15, -0.1) is 0 Å². The van der Waals surface area contributed by atoms with E-state index in [4.69, 9.17) is 0 Å². The number of carbonyl (C=O) groups is 2. The van der Waals surface area contributed by atoms with Crippen LogP contribution in [-0.4, -0.2) is 21.6 Å². The van der Waals surface area contributed by atoms with Crippen molar-refractivity contribution >= 4 is 23.2 Å². The zero-order valence-corrected chi connectivity index (χ0v) is 10.5. The first-order valence-corrected chi connectivity index (χ1v) is 5.78. The number of aromatic nitrogens is 2. The lowest BCUT2D eigenvalue weighted by Crippen LogP contribution is -2.18. The van der Waals surface area contributed by atoms with Crippen LogP contribution in [0, 0.1) is 0 Å². The molecule has 2 rings (SSSR count). The summed E-state index contributed by atoms with van der Waals surface area (Å²) in [6, 6.07) is 8.67. The fourth-order valence-electron chi connectivity index (χ4n) is 1.58. The van der Waals surface area contributed by atoms with E-state index in [-0.39, 0.29) is 18.4 Å². The number of nitrogens with zero attached hydrogens (tertiary/aromatic N) is 2. The molecule has 98 valence electrons. The Morgan fingerprint density at radius 2 is 1.79 bits per heavy atom. The van der Waals surface area contributed by atoms with Crippen LogP contribution in [0.4, 0.5) is 11.4 Å². The molecule has 1 heterocycles. The van der Waals surface area contributed by atoms with Crippen molar-refractivity contribution in [3.05, 3.63) is 42.7 Å². The van der Waals surface area contributed by atoms with Crippen LogP contribution in [0.3, 0.4) is 0 Å². The molecule has 0 radical (unpaired) electrons. The van der Waals surface area contributed by atoms with Gasteiger partial charge in [-0.3, -0.25) is 14.3 Å². The molecule has 19 heavy (non-hydrogen) atoms. The zero-order valence-electron chi connectivity index (χ0n) is 10.5. The Balaban J connectivity index is 1.92. The minimum absolute atomic E-state index is 0.129. The molecule has 0 saturated carbocycles. The molecule has 0 saturated heterocycles. The van der Waals surface area contributed by atoms with Gasteiger partial charge in [0, 0.05) is 30.7 Å². The Bertz CT molecular complexity index is 561. The molecule has 0 aliphatic carbocycles. The summed E-state index contributed by atoms with van der Waals surface area (Å²) >= 11 is 0. The maximum Gasteiger partial charge on any atom is 0.246 e. The number of anilines is 2. The molecule has 1 aromatic carbocycles. The van der Waals surface area contributed by atoms with Crippen LogP contribution in [0.5, 0.6) is 0 Å². The first kappa shape index (κ1) is 12.8. The minimum Gasteiger partial charge on any atom is -0.326 e. The molecule has 0 aliphatic rings. The summed E-state index contributed by atoms with van der Waals surface area (Å²) in [6.07, 6.45) is 3.34. The number of carbonyl (C=O) groups excluding carboxylic acids is 2. The van der Waals surface area contributed by atoms with Gasteiger partial charge in [0.1, 0.15) is 6.54 Å². The molecule has 6 heteroatoms. The van der Waals surface area contributed by atoms with Crippen LogP contribution in [0.2, 0.25) is 0 Å². The van der Waals surface area contributed by atoms with Gasteiger partial charge in [0.25, 0.3) is 0 Å². The molecule has 0 spiro atoms. The van der Waals surface area contributed by atoms with E-state index in [9.17, 15) is 9.59 Å². The van der Waals surface area contributed by atoms with Crippen molar-refractivity contribution < 1.29 is 9.59 Å². The number of hydrogen-bond donors (Lipinski definition) is 2. The summed E-state index contributed by atoms with van der Waals surface area (Å²) < 4.78 is 1.54. The molecular weight excluding hydrogens is 244 g/mol. The highest BCUT2D eigenvalue weighted by atomic mass is 16.2. The van der Waals surface area contributed by atoms with Gasteiger partial charge < -0.3 is 10.6 Å². The van der Waals surface area contributed by atoms with Crippen molar-refractivity contribution in [3.63, 3.8) is 0 Å². The highest BCUT2D eigenvalue weighted by Gasteiger charge is 2.03. The molecule has 2 amide bonds. The molecule has 0 aliphatic heterocycles. The quantitative estimate of drug-likeness (QED) is 0.872. The molecular formula is C13H14N4O2. The van der Waals surface area contributed by atoms with Crippen molar-refractivity contribution in [1.82, 2.24) is 9.78 Å². The van der Waals surface area contributed by atoms with E-state index in [1.54, 1.807) is 47.4 Å². The van der Waals surface area contributed by atoms with Crippen molar-refractivity contribution in [2.45, 2.75) is 13.5 Å². The maximum absolute atomic E-state index is 11.7. The topological polar surface area (TPSA) is 76.0 Å². The van der Waals surface area contributed by atoms with Gasteiger partial charge in [-0.1, -0.05) is 0 Å². The third kappa shape index (κ3) is 3.95. The second-order valence-corrected chi connectivity index (χ2v) is 4.01. The zero-order chi connectivity index (χ0) is 13.7. The highest BCUT2D eigenvalue weighted by Crippen LogP contribution is 2.13. The molecule has 0 atom stereocenters. The lowest BCUT2D eigenvalue weighted by Gasteiger charge is -2.07. The van der Waals surface area contributed by atoms with Crippen LogP contribution in [0.25, 0.3) is 0 Å². The van der Waals surface area contributed by atoms with Crippen LogP contribution in [0.1, 0.15) is 6.92 Å². The number of hydrogen-bond acceptors (Lipinski definition) is 3. The third-order valence-corrected chi connectivity index (χ3v) is 2.35. The number of rotatable bonds is 4. The summed E-state index contributed by atoms with van der Waals surface area (Å²) in [7, 11) is 0. The molecule has 0 bridgehead atoms. The van der Waals surface area contributed by atoms with Gasteiger partial charge in [0.2, 0.25) is 11.8 Å². The Morgan fingerprint density at radius 3 is 2.32 bits per heavy atom. The Labute approximate surface area is 110 Å². The van der Waals surface area contributed by atoms with Gasteiger partial charge in [-0.2, -0.15) is 5.10 Å². The van der Waals surface area contributed by atoms with Crippen LogP contribution in [-0.2, 0) is 16.1 Å². The minimum atomic E-state index is -0.157. The highest BCUT2D eigenvalue weighted by molar-refractivity contribution is 5.92. The third-order valence-electron chi connectivity index (χ3n) is 2.35. The average molecular weight is 258 g/mol. The van der Waals surface area contributed by atoms with E-state index in [1.165, 1.54) is 6.92 Å². The lowest BCUT2D eigenvalue weighted by atomic mass is 10.2. The second-order valence-electron chi connectivity index (χ2n) is 4.01. The van der Waals surface area contributed by atoms with Gasteiger partial charge in [-0.25, -0.2) is 0 Å². The summed E-state index contributed by atoms with van der Waals surface area (Å²) in [5.74, 6) is -0.286. The average Bonchev–Trinajstić information content (AvgIpc) is 2.83. The maximum atomic E-state index is 11.7. The first-order valence-electron chi connectivity index (χ1n) is 5.78. The normalized spacial score (nSPS) is 9.95. The summed E-state index contributed by atoms with van der Waals surface area (Å²) in [4.78, 5) is 22.6. The number of amides is 2. The fourth-order valence-corrected chi connectivity index (χ4v) is 1.58. The second kappa shape index (κ2) is 5.81. The van der Waals surface area contributed by atoms with Crippen molar-refractivity contribution in [1.29, 1.82) is 0 Å². The van der Waals surface area contributed by atoms with Crippen LogP contribution < -0.4 is 10.6 Å². The van der Waals surface area contributed by atoms with Gasteiger partial charge in [0.15, 0.2) is 0 Å². The SMILES string of the molecule is CC(=O)Nc1ccc(NC(=O)Cn2cccn2)cc1. The lowest BCUT2D eigenvalue weighted by molar-refractivity contribution is -0.117. The van der Waals surface area contributed by atoms with E-state index in [2.05, 4.69) is 15.7 Å². The predicted molar refractivity (Wildman–Crippen MR) is 71.6 cm³/mol. The van der Waals surface area contributed by atoms with Gasteiger partial charge in [0.05, 0.1) is 0 Å². The van der Waals surface area contributed by atoms with E-state index >= 15 is 0 Å². The summed E-state index contributed by atoms with van der Waals surface area (Å²) in [5.41, 5.74) is 1.36. The number of nitrogens with one attached hydrogen (secondary N) is 2. The summed E-state index contributed by atoms with van der Waals surface area (Å²) in [5, 5.41) is 9.36. The van der Waals surface area contributed by atoms with Gasteiger partial charge in [-0.05, 0) is 30.3 Å². The van der Waals surface area contributed by atoms with E-state index in [0.717, 1.165) is 0 Å². The van der Waals surface area contributed by atoms with Gasteiger partial charge >= 0.3 is 0 Å². The van der Waals surface area contributed by atoms with Crippen LogP contribution in [0.15, 0.2) is 42.7 Å². The molecule has 2 N–H and O–H groups in total. The van der Waals surface area contributed by atoms with Crippen molar-refractivity contribution in [3.8, 4) is 0 Å². The van der Waals surface area contributed by atoms with E-state index in [1.807, 2.05) is 0 Å². The first-order chi connectivity index (χ1) is 9.13. The largest absolute Gasteiger partial charge is 0.326 e. The summed E-state index contributed by atoms with van der Waals surface area (Å²) in [6.45, 7) is 1.61.